The van der Waals surface area contributed by atoms with E-state index < -0.39 is 7.60 Å². The van der Waals surface area contributed by atoms with Gasteiger partial charge in [0.1, 0.15) is 17.6 Å². The van der Waals surface area contributed by atoms with Gasteiger partial charge in [0, 0.05) is 23.6 Å². The van der Waals surface area contributed by atoms with Crippen molar-refractivity contribution in [3.63, 3.8) is 0 Å². The van der Waals surface area contributed by atoms with Gasteiger partial charge in [-0.25, -0.2) is 4.98 Å². The highest BCUT2D eigenvalue weighted by Gasteiger charge is 2.26. The molecule has 1 fully saturated rings. The molecule has 0 bridgehead atoms. The summed E-state index contributed by atoms with van der Waals surface area (Å²) in [5.41, 5.74) is 0.940. The van der Waals surface area contributed by atoms with Crippen LogP contribution < -0.4 is 20.1 Å². The third-order valence-electron chi connectivity index (χ3n) is 4.61. The summed E-state index contributed by atoms with van der Waals surface area (Å²) < 4.78 is 35.3. The minimum Gasteiger partial charge on any atom is -0.491 e. The molecule has 0 aliphatic carbocycles. The van der Waals surface area contributed by atoms with E-state index >= 15 is 0 Å². The van der Waals surface area contributed by atoms with Gasteiger partial charge < -0.3 is 23.8 Å². The first-order valence-electron chi connectivity index (χ1n) is 11.1. The average Bonchev–Trinajstić information content (AvgIpc) is 3.39. The Labute approximate surface area is 198 Å². The summed E-state index contributed by atoms with van der Waals surface area (Å²) in [6, 6.07) is 5.19. The van der Waals surface area contributed by atoms with E-state index in [4.69, 9.17) is 18.5 Å². The Balaban J connectivity index is 1.73. The van der Waals surface area contributed by atoms with Crippen molar-refractivity contribution in [2.24, 2.45) is 0 Å². The van der Waals surface area contributed by atoms with E-state index in [1.807, 2.05) is 13.8 Å². The molecule has 0 spiro atoms. The third kappa shape index (κ3) is 7.79. The SMILES string of the molecule is CCOP(=O)(Cc1csc(NC(=O)c2cc(OC(C)C)cc(O[C@@H]3CCNC3)c2)n1)OCC. The number of hydrogen-bond donors (Lipinski definition) is 2. The number of anilines is 1. The number of thiazole rings is 1. The lowest BCUT2D eigenvalue weighted by atomic mass is 10.2. The number of carbonyl (C=O) groups excluding carboxylic acids is 1. The van der Waals surface area contributed by atoms with Crippen molar-refractivity contribution in [3.05, 3.63) is 34.8 Å². The highest BCUT2D eigenvalue weighted by molar-refractivity contribution is 7.53. The Hall–Kier alpha value is -1.97. The second-order valence-corrected chi connectivity index (χ2v) is 10.7. The Morgan fingerprint density at radius 3 is 2.61 bits per heavy atom. The van der Waals surface area contributed by atoms with Crippen LogP contribution in [-0.4, -0.2) is 49.4 Å². The molecule has 1 aromatic heterocycles. The second kappa shape index (κ2) is 11.9. The quantitative estimate of drug-likeness (QED) is 0.407. The van der Waals surface area contributed by atoms with Gasteiger partial charge in [-0.1, -0.05) is 0 Å². The molecule has 182 valence electrons. The van der Waals surface area contributed by atoms with Gasteiger partial charge in [0.25, 0.3) is 5.91 Å². The minimum absolute atomic E-state index is 0.0443. The lowest BCUT2D eigenvalue weighted by molar-refractivity contribution is 0.102. The molecule has 1 aromatic carbocycles. The second-order valence-electron chi connectivity index (χ2n) is 7.80. The van der Waals surface area contributed by atoms with Crippen molar-refractivity contribution in [1.29, 1.82) is 0 Å². The lowest BCUT2D eigenvalue weighted by Gasteiger charge is -2.16. The van der Waals surface area contributed by atoms with E-state index in [-0.39, 0.29) is 37.5 Å². The maximum absolute atomic E-state index is 13.0. The molecule has 2 aromatic rings. The molecule has 11 heteroatoms. The highest BCUT2D eigenvalue weighted by Crippen LogP contribution is 2.51. The van der Waals surface area contributed by atoms with Gasteiger partial charge in [-0.05, 0) is 52.8 Å². The number of amides is 1. The summed E-state index contributed by atoms with van der Waals surface area (Å²) in [6.07, 6.45) is 0.971. The largest absolute Gasteiger partial charge is 0.491 e. The van der Waals surface area contributed by atoms with Crippen molar-refractivity contribution in [1.82, 2.24) is 10.3 Å². The summed E-state index contributed by atoms with van der Waals surface area (Å²) in [5.74, 6) is 0.811. The van der Waals surface area contributed by atoms with Gasteiger partial charge in [0.2, 0.25) is 0 Å². The molecule has 1 atom stereocenters. The van der Waals surface area contributed by atoms with Gasteiger partial charge in [0.05, 0.1) is 31.2 Å². The van der Waals surface area contributed by atoms with Crippen molar-refractivity contribution < 1.29 is 27.9 Å². The summed E-state index contributed by atoms with van der Waals surface area (Å²) >= 11 is 1.25. The summed E-state index contributed by atoms with van der Waals surface area (Å²) in [7, 11) is -3.27. The molecule has 1 amide bonds. The average molecular weight is 498 g/mol. The molecule has 0 unspecified atom stereocenters. The van der Waals surface area contributed by atoms with E-state index in [1.165, 1.54) is 11.3 Å². The number of rotatable bonds is 12. The number of nitrogens with zero attached hydrogens (tertiary/aromatic N) is 1. The zero-order valence-corrected chi connectivity index (χ0v) is 21.2. The van der Waals surface area contributed by atoms with Crippen LogP contribution in [0.25, 0.3) is 0 Å². The molecule has 1 aliphatic heterocycles. The third-order valence-corrected chi connectivity index (χ3v) is 7.43. The van der Waals surface area contributed by atoms with Crippen LogP contribution in [0.1, 0.15) is 50.2 Å². The standard InChI is InChI=1S/C22H32N3O6PS/c1-5-28-32(27,29-6-2)13-17-14-33-22(24-17)25-21(26)16-9-19(30-15(3)4)11-20(10-16)31-18-7-8-23-12-18/h9-11,14-15,18,23H,5-8,12-13H2,1-4H3,(H,24,25,26)/t18-/m1/s1. The highest BCUT2D eigenvalue weighted by atomic mass is 32.1. The fourth-order valence-corrected chi connectivity index (χ4v) is 5.79. The van der Waals surface area contributed by atoms with Crippen LogP contribution >= 0.6 is 18.9 Å². The maximum atomic E-state index is 13.0. The van der Waals surface area contributed by atoms with Crippen LogP contribution in [0.5, 0.6) is 11.5 Å². The van der Waals surface area contributed by atoms with Gasteiger partial charge in [-0.15, -0.1) is 11.3 Å². The van der Waals surface area contributed by atoms with Crippen molar-refractivity contribution in [2.75, 3.05) is 31.6 Å². The van der Waals surface area contributed by atoms with Gasteiger partial charge in [0.15, 0.2) is 5.13 Å². The van der Waals surface area contributed by atoms with Crippen LogP contribution in [0.4, 0.5) is 5.13 Å². The van der Waals surface area contributed by atoms with E-state index in [0.29, 0.717) is 27.9 Å². The zero-order valence-electron chi connectivity index (χ0n) is 19.5. The zero-order chi connectivity index (χ0) is 23.8. The monoisotopic (exact) mass is 497 g/mol. The van der Waals surface area contributed by atoms with Crippen LogP contribution in [0.3, 0.4) is 0 Å². The Bertz CT molecular complexity index is 967. The van der Waals surface area contributed by atoms with Crippen LogP contribution in [-0.2, 0) is 19.8 Å². The smallest absolute Gasteiger partial charge is 0.336 e. The summed E-state index contributed by atoms with van der Waals surface area (Å²) in [5, 5.41) is 8.20. The number of aromatic nitrogens is 1. The Morgan fingerprint density at radius 2 is 1.97 bits per heavy atom. The predicted molar refractivity (Wildman–Crippen MR) is 129 cm³/mol. The fraction of sp³-hybridized carbons (Fsp3) is 0.545. The van der Waals surface area contributed by atoms with E-state index in [9.17, 15) is 9.36 Å². The first-order chi connectivity index (χ1) is 15.8. The molecule has 1 aliphatic rings. The topological polar surface area (TPSA) is 108 Å². The minimum atomic E-state index is -3.27. The van der Waals surface area contributed by atoms with Crippen molar-refractivity contribution >= 4 is 30.0 Å². The fourth-order valence-electron chi connectivity index (χ4n) is 3.36. The first kappa shape index (κ1) is 25.6. The van der Waals surface area contributed by atoms with Crippen molar-refractivity contribution in [3.8, 4) is 11.5 Å². The molecule has 3 rings (SSSR count). The Kier molecular flexibility index (Phi) is 9.28. The molecule has 2 heterocycles. The van der Waals surface area contributed by atoms with Gasteiger partial charge >= 0.3 is 7.60 Å². The molecular weight excluding hydrogens is 465 g/mol. The summed E-state index contributed by atoms with van der Waals surface area (Å²) in [6.45, 7) is 9.61. The lowest BCUT2D eigenvalue weighted by Crippen LogP contribution is -2.20. The molecule has 0 radical (unpaired) electrons. The van der Waals surface area contributed by atoms with Crippen LogP contribution in [0.15, 0.2) is 23.6 Å². The number of benzene rings is 1. The van der Waals surface area contributed by atoms with E-state index in [2.05, 4.69) is 15.6 Å². The van der Waals surface area contributed by atoms with E-state index in [1.54, 1.807) is 37.4 Å². The van der Waals surface area contributed by atoms with Crippen LogP contribution in [0, 0.1) is 0 Å². The normalized spacial score (nSPS) is 16.2. The maximum Gasteiger partial charge on any atom is 0.336 e. The van der Waals surface area contributed by atoms with Gasteiger partial charge in [-0.3, -0.25) is 14.7 Å². The summed E-state index contributed by atoms with van der Waals surface area (Å²) in [4.78, 5) is 17.4. The molecule has 2 N–H and O–H groups in total. The van der Waals surface area contributed by atoms with Gasteiger partial charge in [-0.2, -0.15) is 0 Å². The van der Waals surface area contributed by atoms with E-state index in [0.717, 1.165) is 19.5 Å². The molecule has 33 heavy (non-hydrogen) atoms. The number of hydrogen-bond acceptors (Lipinski definition) is 9. The number of nitrogens with one attached hydrogen (secondary N) is 2. The van der Waals surface area contributed by atoms with Crippen LogP contribution in [0.2, 0.25) is 0 Å². The predicted octanol–water partition coefficient (Wildman–Crippen LogP) is 4.69. The molecule has 0 saturated carbocycles. The Morgan fingerprint density at radius 1 is 1.24 bits per heavy atom. The number of carbonyl (C=O) groups is 1. The molecular formula is C22H32N3O6PS. The van der Waals surface area contributed by atoms with Crippen molar-refractivity contribution in [2.45, 2.75) is 52.5 Å². The molecule has 1 saturated heterocycles. The first-order valence-corrected chi connectivity index (χ1v) is 13.7. The molecule has 9 nitrogen and oxygen atoms in total. The number of ether oxygens (including phenoxy) is 2.